The van der Waals surface area contributed by atoms with Gasteiger partial charge in [-0.1, -0.05) is 0 Å². The number of carbonyl (C=O) groups is 1. The molecule has 10 heteroatoms. The molecule has 1 amide bonds. The number of nitrogens with two attached hydrogens (primary N) is 1. The summed E-state index contributed by atoms with van der Waals surface area (Å²) in [6.45, 7) is -0.635. The molecule has 0 bridgehead atoms. The van der Waals surface area contributed by atoms with Gasteiger partial charge in [-0.15, -0.1) is 0 Å². The molecule has 10 nitrogen and oxygen atoms in total. The Morgan fingerprint density at radius 2 is 2.17 bits per heavy atom. The Kier molecular flexibility index (Phi) is 3.04. The number of nitrogens with zero attached hydrogens (tertiary/aromatic N) is 2. The molecule has 0 saturated carbocycles. The van der Waals surface area contributed by atoms with Crippen molar-refractivity contribution < 1.29 is 30.0 Å². The summed E-state index contributed by atoms with van der Waals surface area (Å²) in [5.41, 5.74) is 4.14. The van der Waals surface area contributed by atoms with Crippen molar-refractivity contribution in [3.63, 3.8) is 0 Å². The van der Waals surface area contributed by atoms with Gasteiger partial charge in [-0.25, -0.2) is 0 Å². The Hall–Kier alpha value is -1.59. The summed E-state index contributed by atoms with van der Waals surface area (Å²) in [7, 11) is 0. The van der Waals surface area contributed by atoms with Gasteiger partial charge >= 0.3 is 0 Å². The number of hydrogen-bond donors (Lipinski definition) is 6. The van der Waals surface area contributed by atoms with Crippen molar-refractivity contribution in [3.8, 4) is 0 Å². The van der Waals surface area contributed by atoms with Crippen LogP contribution in [0.5, 0.6) is 0 Å². The van der Waals surface area contributed by atoms with Gasteiger partial charge in [-0.2, -0.15) is 15.4 Å². The number of aliphatic hydroxyl groups is 4. The molecule has 2 heterocycles. The fraction of sp³-hybridized carbons (Fsp3) is 0.625. The van der Waals surface area contributed by atoms with Gasteiger partial charge in [-0.05, 0) is 0 Å². The molecule has 100 valence electrons. The monoisotopic (exact) mass is 260 g/mol. The number of hydrogen-bond acceptors (Lipinski definition) is 8. The van der Waals surface area contributed by atoms with Gasteiger partial charge < -0.3 is 30.9 Å². The van der Waals surface area contributed by atoms with Crippen LogP contribution in [0.3, 0.4) is 0 Å². The first-order valence-corrected chi connectivity index (χ1v) is 5.00. The number of ether oxygens (including phenoxy) is 1. The molecule has 1 saturated heterocycles. The number of aromatic amines is 1. The topological polar surface area (TPSA) is 175 Å². The van der Waals surface area contributed by atoms with E-state index >= 15 is 0 Å². The maximum absolute atomic E-state index is 11.1. The Balaban J connectivity index is 2.43. The van der Waals surface area contributed by atoms with Crippen LogP contribution in [0.4, 0.5) is 0 Å². The van der Waals surface area contributed by atoms with E-state index in [9.17, 15) is 20.1 Å². The maximum Gasteiger partial charge on any atom is 0.271 e. The quantitative estimate of drug-likeness (QED) is 0.320. The lowest BCUT2D eigenvalue weighted by molar-refractivity contribution is -0.242. The molecule has 1 aliphatic heterocycles. The zero-order chi connectivity index (χ0) is 13.5. The fourth-order valence-electron chi connectivity index (χ4n) is 1.80. The van der Waals surface area contributed by atoms with E-state index in [0.29, 0.717) is 0 Å². The highest BCUT2D eigenvalue weighted by atomic mass is 16.7. The average molecular weight is 260 g/mol. The van der Waals surface area contributed by atoms with Crippen LogP contribution in [-0.4, -0.2) is 66.7 Å². The molecule has 7 N–H and O–H groups in total. The Labute approximate surface area is 100.0 Å². The third kappa shape index (κ3) is 1.67. The van der Waals surface area contributed by atoms with Crippen molar-refractivity contribution in [1.29, 1.82) is 0 Å². The standard InChI is InChI=1S/C8H12N4O6/c9-7(16)3-5(11-12-10-3)8(17)6(15)4(14)2(1-13)18-8/h2,4,6,13-15,17H,1H2,(H2,9,16)(H,10,11,12)/t2-,4-,6-,8?/m1/s1. The minimum absolute atomic E-state index is 0.428. The van der Waals surface area contributed by atoms with E-state index in [1.807, 2.05) is 0 Å². The first kappa shape index (κ1) is 12.9. The lowest BCUT2D eigenvalue weighted by Crippen LogP contribution is -2.42. The van der Waals surface area contributed by atoms with E-state index < -0.39 is 48.0 Å². The van der Waals surface area contributed by atoms with E-state index in [1.165, 1.54) is 0 Å². The third-order valence-electron chi connectivity index (χ3n) is 2.74. The zero-order valence-corrected chi connectivity index (χ0v) is 9.02. The minimum Gasteiger partial charge on any atom is -0.394 e. The Morgan fingerprint density at radius 1 is 1.50 bits per heavy atom. The molecule has 0 radical (unpaired) electrons. The first-order valence-electron chi connectivity index (χ1n) is 5.00. The minimum atomic E-state index is -2.47. The molecule has 0 aromatic carbocycles. The lowest BCUT2D eigenvalue weighted by Gasteiger charge is -2.23. The summed E-state index contributed by atoms with van der Waals surface area (Å²) in [4.78, 5) is 11.1. The molecule has 0 spiro atoms. The van der Waals surface area contributed by atoms with Crippen molar-refractivity contribution in [3.05, 3.63) is 11.4 Å². The Bertz CT molecular complexity index is 464. The number of aromatic nitrogens is 3. The van der Waals surface area contributed by atoms with Crippen LogP contribution in [0.15, 0.2) is 0 Å². The summed E-state index contributed by atoms with van der Waals surface area (Å²) in [5.74, 6) is -3.46. The van der Waals surface area contributed by atoms with Crippen LogP contribution in [0, 0.1) is 0 Å². The lowest BCUT2D eigenvalue weighted by atomic mass is 10.0. The van der Waals surface area contributed by atoms with Crippen LogP contribution in [0.1, 0.15) is 16.2 Å². The van der Waals surface area contributed by atoms with E-state index in [0.717, 1.165) is 0 Å². The molecular weight excluding hydrogens is 248 g/mol. The van der Waals surface area contributed by atoms with Crippen molar-refractivity contribution in [2.24, 2.45) is 5.73 Å². The molecule has 1 unspecified atom stereocenters. The number of nitrogens with one attached hydrogen (secondary N) is 1. The molecule has 1 aliphatic rings. The van der Waals surface area contributed by atoms with E-state index in [2.05, 4.69) is 15.4 Å². The summed E-state index contributed by atoms with van der Waals surface area (Å²) in [5, 5.41) is 47.3. The van der Waals surface area contributed by atoms with Crippen molar-refractivity contribution in [2.45, 2.75) is 24.1 Å². The molecule has 0 aliphatic carbocycles. The number of primary amides is 1. The maximum atomic E-state index is 11.1. The van der Waals surface area contributed by atoms with Crippen LogP contribution in [0.25, 0.3) is 0 Å². The van der Waals surface area contributed by atoms with Crippen molar-refractivity contribution in [2.75, 3.05) is 6.61 Å². The SMILES string of the molecule is NC(=O)c1n[nH]nc1C1(O)O[C@H](CO)[C@@H](O)[C@H]1O. The summed E-state index contributed by atoms with van der Waals surface area (Å²) in [6, 6.07) is 0. The van der Waals surface area contributed by atoms with Crippen LogP contribution in [0.2, 0.25) is 0 Å². The van der Waals surface area contributed by atoms with Crippen LogP contribution < -0.4 is 5.73 Å². The third-order valence-corrected chi connectivity index (χ3v) is 2.74. The highest BCUT2D eigenvalue weighted by Crippen LogP contribution is 2.37. The second kappa shape index (κ2) is 4.26. The molecule has 2 rings (SSSR count). The van der Waals surface area contributed by atoms with Gasteiger partial charge in [0, 0.05) is 0 Å². The predicted molar refractivity (Wildman–Crippen MR) is 52.8 cm³/mol. The molecule has 18 heavy (non-hydrogen) atoms. The second-order valence-electron chi connectivity index (χ2n) is 3.86. The van der Waals surface area contributed by atoms with Gasteiger partial charge in [0.1, 0.15) is 18.3 Å². The average Bonchev–Trinajstić information content (AvgIpc) is 2.90. The molecular formula is C8H12N4O6. The molecule has 1 aromatic rings. The number of carbonyl (C=O) groups excluding carboxylic acids is 1. The normalized spacial score (nSPS) is 35.9. The van der Waals surface area contributed by atoms with Gasteiger partial charge in [-0.3, -0.25) is 4.79 Å². The number of H-pyrrole nitrogens is 1. The number of rotatable bonds is 3. The highest BCUT2D eigenvalue weighted by molar-refractivity contribution is 5.91. The highest BCUT2D eigenvalue weighted by Gasteiger charge is 2.57. The van der Waals surface area contributed by atoms with Crippen molar-refractivity contribution >= 4 is 5.91 Å². The summed E-state index contributed by atoms with van der Waals surface area (Å²) in [6.07, 6.45) is -4.57. The number of amides is 1. The van der Waals surface area contributed by atoms with Gasteiger partial charge in [0.2, 0.25) is 5.79 Å². The zero-order valence-electron chi connectivity index (χ0n) is 9.02. The first-order chi connectivity index (χ1) is 8.41. The van der Waals surface area contributed by atoms with Gasteiger partial charge in [0.15, 0.2) is 11.4 Å². The number of aliphatic hydroxyl groups excluding tert-OH is 3. The van der Waals surface area contributed by atoms with E-state index in [-0.39, 0.29) is 0 Å². The van der Waals surface area contributed by atoms with Crippen LogP contribution in [-0.2, 0) is 10.5 Å². The summed E-state index contributed by atoms with van der Waals surface area (Å²) >= 11 is 0. The molecule has 4 atom stereocenters. The van der Waals surface area contributed by atoms with E-state index in [4.69, 9.17) is 15.6 Å². The predicted octanol–water partition coefficient (Wildman–Crippen LogP) is -3.84. The Morgan fingerprint density at radius 3 is 2.67 bits per heavy atom. The van der Waals surface area contributed by atoms with E-state index in [1.54, 1.807) is 0 Å². The van der Waals surface area contributed by atoms with Crippen LogP contribution >= 0.6 is 0 Å². The fourth-order valence-corrected chi connectivity index (χ4v) is 1.80. The van der Waals surface area contributed by atoms with Gasteiger partial charge in [0.25, 0.3) is 5.91 Å². The molecule has 1 fully saturated rings. The summed E-state index contributed by atoms with van der Waals surface area (Å²) < 4.78 is 4.93. The molecule has 1 aromatic heterocycles. The largest absolute Gasteiger partial charge is 0.394 e. The second-order valence-corrected chi connectivity index (χ2v) is 3.86. The van der Waals surface area contributed by atoms with Crippen molar-refractivity contribution in [1.82, 2.24) is 15.4 Å². The smallest absolute Gasteiger partial charge is 0.271 e. The van der Waals surface area contributed by atoms with Gasteiger partial charge in [0.05, 0.1) is 6.61 Å².